The van der Waals surface area contributed by atoms with E-state index in [0.717, 1.165) is 5.75 Å². The topological polar surface area (TPSA) is 68.7 Å². The zero-order valence-corrected chi connectivity index (χ0v) is 15.3. The monoisotopic (exact) mass is 372 g/mol. The Kier molecular flexibility index (Phi) is 6.12. The molecule has 0 N–H and O–H groups in total. The molecule has 0 saturated carbocycles. The van der Waals surface area contributed by atoms with Crippen LogP contribution in [0.15, 0.2) is 48.7 Å². The molecule has 26 heavy (non-hydrogen) atoms. The number of ether oxygens (including phenoxy) is 2. The first-order chi connectivity index (χ1) is 12.7. The van der Waals surface area contributed by atoms with Gasteiger partial charge in [-0.25, -0.2) is 0 Å². The summed E-state index contributed by atoms with van der Waals surface area (Å²) in [5, 5.41) is -0.121. The van der Waals surface area contributed by atoms with Gasteiger partial charge in [-0.1, -0.05) is 18.2 Å². The maximum Gasteiger partial charge on any atom is 0.231 e. The van der Waals surface area contributed by atoms with Crippen molar-refractivity contribution in [3.63, 3.8) is 0 Å². The molecule has 1 aliphatic heterocycles. The Morgan fingerprint density at radius 2 is 1.96 bits per heavy atom. The molecule has 1 aromatic carbocycles. The van der Waals surface area contributed by atoms with E-state index in [1.165, 1.54) is 0 Å². The van der Waals surface area contributed by atoms with E-state index in [1.807, 2.05) is 24.3 Å². The quantitative estimate of drug-likeness (QED) is 0.550. The van der Waals surface area contributed by atoms with Gasteiger partial charge in [0.2, 0.25) is 5.91 Å². The molecule has 1 unspecified atom stereocenters. The van der Waals surface area contributed by atoms with Crippen LogP contribution in [-0.2, 0) is 4.79 Å². The number of thioether (sulfide) groups is 1. The lowest BCUT2D eigenvalue weighted by atomic mass is 10.2. The second kappa shape index (κ2) is 8.71. The third-order valence-electron chi connectivity index (χ3n) is 4.02. The lowest BCUT2D eigenvalue weighted by molar-refractivity contribution is -0.130. The zero-order valence-electron chi connectivity index (χ0n) is 14.5. The van der Waals surface area contributed by atoms with Crippen molar-refractivity contribution in [1.82, 2.24) is 9.88 Å². The molecule has 1 amide bonds. The third-order valence-corrected chi connectivity index (χ3v) is 5.22. The Hall–Kier alpha value is -2.54. The van der Waals surface area contributed by atoms with E-state index in [4.69, 9.17) is 9.47 Å². The highest BCUT2D eigenvalue weighted by molar-refractivity contribution is 8.00. The predicted molar refractivity (Wildman–Crippen MR) is 99.6 cm³/mol. The summed E-state index contributed by atoms with van der Waals surface area (Å²) >= 11 is 1.65. The van der Waals surface area contributed by atoms with Crippen LogP contribution in [0.3, 0.4) is 0 Å². The van der Waals surface area contributed by atoms with E-state index >= 15 is 0 Å². The van der Waals surface area contributed by atoms with Crippen LogP contribution < -0.4 is 9.47 Å². The van der Waals surface area contributed by atoms with Gasteiger partial charge in [-0.05, 0) is 24.3 Å². The maximum atomic E-state index is 12.6. The minimum Gasteiger partial charge on any atom is -0.493 e. The first-order valence-corrected chi connectivity index (χ1v) is 9.35. The highest BCUT2D eigenvalue weighted by Gasteiger charge is 2.31. The highest BCUT2D eigenvalue weighted by atomic mass is 32.2. The molecule has 136 valence electrons. The molecule has 0 radical (unpaired) electrons. The van der Waals surface area contributed by atoms with Crippen LogP contribution >= 0.6 is 11.8 Å². The Bertz CT molecular complexity index is 769. The Morgan fingerprint density at radius 3 is 2.69 bits per heavy atom. The molecule has 7 heteroatoms. The van der Waals surface area contributed by atoms with Crippen LogP contribution in [0.1, 0.15) is 16.9 Å². The molecule has 0 aliphatic carbocycles. The molecule has 3 rings (SSSR count). The van der Waals surface area contributed by atoms with Crippen LogP contribution in [-0.4, -0.2) is 53.0 Å². The van der Waals surface area contributed by atoms with Crippen LogP contribution in [0.4, 0.5) is 0 Å². The molecule has 0 bridgehead atoms. The van der Waals surface area contributed by atoms with Gasteiger partial charge in [0, 0.05) is 18.5 Å². The number of nitrogens with zero attached hydrogens (tertiary/aromatic N) is 2. The molecule has 6 nitrogen and oxygen atoms in total. The van der Waals surface area contributed by atoms with E-state index in [1.54, 1.807) is 48.2 Å². The second-order valence-electron chi connectivity index (χ2n) is 5.69. The molecule has 1 aliphatic rings. The molecule has 2 aromatic rings. The lowest BCUT2D eigenvalue weighted by Gasteiger charge is -2.24. The first-order valence-electron chi connectivity index (χ1n) is 8.30. The largest absolute Gasteiger partial charge is 0.493 e. The van der Waals surface area contributed by atoms with Gasteiger partial charge in [-0.2, -0.15) is 0 Å². The van der Waals surface area contributed by atoms with Crippen LogP contribution in [0, 0.1) is 0 Å². The average Bonchev–Trinajstić information content (AvgIpc) is 3.16. The molecular weight excluding hydrogens is 352 g/mol. The molecule has 1 saturated heterocycles. The number of benzene rings is 1. The van der Waals surface area contributed by atoms with Gasteiger partial charge in [0.1, 0.15) is 17.7 Å². The summed E-state index contributed by atoms with van der Waals surface area (Å²) in [5.74, 6) is 1.65. The molecule has 0 spiro atoms. The van der Waals surface area contributed by atoms with Crippen molar-refractivity contribution in [3.8, 4) is 11.5 Å². The number of para-hydroxylation sites is 2. The number of ketones is 1. The molecular formula is C19H20N2O4S. The van der Waals surface area contributed by atoms with Gasteiger partial charge in [-0.15, -0.1) is 11.8 Å². The van der Waals surface area contributed by atoms with Crippen molar-refractivity contribution in [2.24, 2.45) is 0 Å². The number of carbonyl (C=O) groups excluding carboxylic acids is 2. The minimum absolute atomic E-state index is 0.121. The standard InChI is InChI=1S/C19H20N2O4S/c1-24-16-7-2-3-8-17(16)25-13-19-21(10-11-26-19)18(23)12-15(22)14-6-4-5-9-20-14/h2-9,19H,10-13H2,1H3. The van der Waals surface area contributed by atoms with Gasteiger partial charge in [0.15, 0.2) is 17.3 Å². The fraction of sp³-hybridized carbons (Fsp3) is 0.316. The van der Waals surface area contributed by atoms with Gasteiger partial charge in [0.05, 0.1) is 13.5 Å². The number of pyridine rings is 1. The lowest BCUT2D eigenvalue weighted by Crippen LogP contribution is -2.39. The molecule has 1 atom stereocenters. The second-order valence-corrected chi connectivity index (χ2v) is 6.98. The number of carbonyl (C=O) groups is 2. The Labute approximate surface area is 156 Å². The van der Waals surface area contributed by atoms with Gasteiger partial charge in [-0.3, -0.25) is 14.6 Å². The van der Waals surface area contributed by atoms with Gasteiger partial charge in [0.25, 0.3) is 0 Å². The SMILES string of the molecule is COc1ccccc1OCC1SCCN1C(=O)CC(=O)c1ccccn1. The minimum atomic E-state index is -0.267. The van der Waals surface area contributed by atoms with E-state index in [0.29, 0.717) is 30.3 Å². The summed E-state index contributed by atoms with van der Waals surface area (Å²) in [5.41, 5.74) is 0.314. The zero-order chi connectivity index (χ0) is 18.4. The maximum absolute atomic E-state index is 12.6. The summed E-state index contributed by atoms with van der Waals surface area (Å²) < 4.78 is 11.1. The Morgan fingerprint density at radius 1 is 1.19 bits per heavy atom. The molecule has 1 aromatic heterocycles. The number of hydrogen-bond acceptors (Lipinski definition) is 6. The summed E-state index contributed by atoms with van der Waals surface area (Å²) in [6.07, 6.45) is 1.37. The highest BCUT2D eigenvalue weighted by Crippen LogP contribution is 2.29. The third kappa shape index (κ3) is 4.35. The number of rotatable bonds is 7. The van der Waals surface area contributed by atoms with Gasteiger partial charge < -0.3 is 14.4 Å². The number of amides is 1. The van der Waals surface area contributed by atoms with Crippen molar-refractivity contribution < 1.29 is 19.1 Å². The van der Waals surface area contributed by atoms with Crippen molar-refractivity contribution in [2.75, 3.05) is 26.0 Å². The van der Waals surface area contributed by atoms with Crippen LogP contribution in [0.25, 0.3) is 0 Å². The average molecular weight is 372 g/mol. The van der Waals surface area contributed by atoms with Crippen molar-refractivity contribution in [2.45, 2.75) is 11.8 Å². The Balaban J connectivity index is 1.59. The summed E-state index contributed by atoms with van der Waals surface area (Å²) in [6, 6.07) is 12.5. The van der Waals surface area contributed by atoms with Crippen molar-refractivity contribution >= 4 is 23.5 Å². The summed E-state index contributed by atoms with van der Waals surface area (Å²) in [6.45, 7) is 0.952. The summed E-state index contributed by atoms with van der Waals surface area (Å²) in [4.78, 5) is 30.5. The number of methoxy groups -OCH3 is 1. The van der Waals surface area contributed by atoms with E-state index in [9.17, 15) is 9.59 Å². The van der Waals surface area contributed by atoms with E-state index in [-0.39, 0.29) is 23.5 Å². The smallest absolute Gasteiger partial charge is 0.231 e. The van der Waals surface area contributed by atoms with Crippen molar-refractivity contribution in [1.29, 1.82) is 0 Å². The molecule has 1 fully saturated rings. The summed E-state index contributed by atoms with van der Waals surface area (Å²) in [7, 11) is 1.59. The van der Waals surface area contributed by atoms with Crippen LogP contribution in [0.2, 0.25) is 0 Å². The number of Topliss-reactive ketones (excluding diaryl/α,β-unsaturated/α-hetero) is 1. The fourth-order valence-corrected chi connectivity index (χ4v) is 3.84. The van der Waals surface area contributed by atoms with Crippen molar-refractivity contribution in [3.05, 3.63) is 54.4 Å². The van der Waals surface area contributed by atoms with Crippen LogP contribution in [0.5, 0.6) is 11.5 Å². The fourth-order valence-electron chi connectivity index (χ4n) is 2.70. The van der Waals surface area contributed by atoms with E-state index < -0.39 is 0 Å². The normalized spacial score (nSPS) is 16.3. The number of aromatic nitrogens is 1. The van der Waals surface area contributed by atoms with Gasteiger partial charge >= 0.3 is 0 Å². The molecule has 2 heterocycles. The first kappa shape index (κ1) is 18.3. The van der Waals surface area contributed by atoms with E-state index in [2.05, 4.69) is 4.98 Å². The number of hydrogen-bond donors (Lipinski definition) is 0. The predicted octanol–water partition coefficient (Wildman–Crippen LogP) is 2.64.